The first kappa shape index (κ1) is 18.2. The number of rotatable bonds is 6. The molecule has 2 aromatic rings. The van der Waals surface area contributed by atoms with Gasteiger partial charge in [0.1, 0.15) is 0 Å². The molecule has 0 N–H and O–H groups in total. The molecule has 0 amide bonds. The average molecular weight is 335 g/mol. The molecule has 1 aliphatic carbocycles. The highest BCUT2D eigenvalue weighted by atomic mass is 14.3. The molecule has 1 saturated carbocycles. The molecule has 0 aromatic heterocycles. The monoisotopic (exact) mass is 334 g/mol. The van der Waals surface area contributed by atoms with Gasteiger partial charge in [-0.05, 0) is 79.2 Å². The van der Waals surface area contributed by atoms with Gasteiger partial charge in [-0.2, -0.15) is 0 Å². The minimum absolute atomic E-state index is 0.788. The van der Waals surface area contributed by atoms with Crippen molar-refractivity contribution in [2.45, 2.75) is 78.1 Å². The van der Waals surface area contributed by atoms with Crippen molar-refractivity contribution in [2.75, 3.05) is 0 Å². The molecule has 0 bridgehead atoms. The van der Waals surface area contributed by atoms with Crippen LogP contribution in [0.15, 0.2) is 42.5 Å². The number of hydrogen-bond acceptors (Lipinski definition) is 0. The van der Waals surface area contributed by atoms with Crippen LogP contribution in [0.4, 0.5) is 0 Å². The van der Waals surface area contributed by atoms with Gasteiger partial charge in [0, 0.05) is 0 Å². The van der Waals surface area contributed by atoms with Gasteiger partial charge in [-0.25, -0.2) is 0 Å². The molecule has 1 fully saturated rings. The SMILES string of the molecule is CCCCCC1CCC(c2ccc(-c3ccc(C)c(C)c3)cc2)CC1. The Balaban J connectivity index is 1.59. The first-order chi connectivity index (χ1) is 12.2. The van der Waals surface area contributed by atoms with Crippen LogP contribution >= 0.6 is 0 Å². The fourth-order valence-corrected chi connectivity index (χ4v) is 4.34. The summed E-state index contributed by atoms with van der Waals surface area (Å²) in [5.74, 6) is 1.79. The van der Waals surface area contributed by atoms with Gasteiger partial charge in [-0.15, -0.1) is 0 Å². The summed E-state index contributed by atoms with van der Waals surface area (Å²) in [5.41, 5.74) is 6.99. The summed E-state index contributed by atoms with van der Waals surface area (Å²) in [7, 11) is 0. The standard InChI is InChI=1S/C25H34/c1-4-5-6-7-21-9-12-22(13-10-21)23-14-16-24(17-15-23)25-11-8-19(2)20(3)18-25/h8,11,14-18,21-22H,4-7,9-10,12-13H2,1-3H3. The fourth-order valence-electron chi connectivity index (χ4n) is 4.34. The molecule has 0 aliphatic heterocycles. The molecular weight excluding hydrogens is 300 g/mol. The lowest BCUT2D eigenvalue weighted by molar-refractivity contribution is 0.303. The van der Waals surface area contributed by atoms with E-state index in [0.717, 1.165) is 11.8 Å². The van der Waals surface area contributed by atoms with E-state index in [-0.39, 0.29) is 0 Å². The average Bonchev–Trinajstić information content (AvgIpc) is 2.65. The summed E-state index contributed by atoms with van der Waals surface area (Å²) < 4.78 is 0. The van der Waals surface area contributed by atoms with Gasteiger partial charge in [0.25, 0.3) is 0 Å². The van der Waals surface area contributed by atoms with Crippen molar-refractivity contribution in [3.05, 3.63) is 59.2 Å². The number of hydrogen-bond donors (Lipinski definition) is 0. The Hall–Kier alpha value is -1.56. The zero-order valence-electron chi connectivity index (χ0n) is 16.4. The van der Waals surface area contributed by atoms with Crippen molar-refractivity contribution in [2.24, 2.45) is 5.92 Å². The molecule has 0 unspecified atom stereocenters. The quantitative estimate of drug-likeness (QED) is 0.472. The second kappa shape index (κ2) is 8.70. The highest BCUT2D eigenvalue weighted by Gasteiger charge is 2.21. The molecule has 0 nitrogen and oxygen atoms in total. The predicted octanol–water partition coefficient (Wildman–Crippen LogP) is 7.82. The Morgan fingerprint density at radius 1 is 0.760 bits per heavy atom. The second-order valence-corrected chi connectivity index (χ2v) is 8.13. The van der Waals surface area contributed by atoms with E-state index in [1.807, 2.05) is 0 Å². The third-order valence-corrected chi connectivity index (χ3v) is 6.29. The van der Waals surface area contributed by atoms with Crippen molar-refractivity contribution < 1.29 is 0 Å². The van der Waals surface area contributed by atoms with Crippen LogP contribution in [0.5, 0.6) is 0 Å². The summed E-state index contributed by atoms with van der Waals surface area (Å²) in [6.07, 6.45) is 11.3. The highest BCUT2D eigenvalue weighted by Crippen LogP contribution is 2.38. The number of aryl methyl sites for hydroxylation is 2. The largest absolute Gasteiger partial charge is 0.0654 e. The highest BCUT2D eigenvalue weighted by molar-refractivity contribution is 5.65. The lowest BCUT2D eigenvalue weighted by atomic mass is 9.77. The van der Waals surface area contributed by atoms with Gasteiger partial charge in [0.2, 0.25) is 0 Å². The third kappa shape index (κ3) is 4.75. The van der Waals surface area contributed by atoms with Crippen LogP contribution in [0.3, 0.4) is 0 Å². The van der Waals surface area contributed by atoms with Crippen LogP contribution in [-0.4, -0.2) is 0 Å². The predicted molar refractivity (Wildman–Crippen MR) is 110 cm³/mol. The molecular formula is C25H34. The van der Waals surface area contributed by atoms with Gasteiger partial charge in [-0.3, -0.25) is 0 Å². The Labute approximate surface area is 154 Å². The van der Waals surface area contributed by atoms with Gasteiger partial charge in [0.05, 0.1) is 0 Å². The summed E-state index contributed by atoms with van der Waals surface area (Å²) >= 11 is 0. The van der Waals surface area contributed by atoms with E-state index in [1.54, 1.807) is 5.56 Å². The van der Waals surface area contributed by atoms with E-state index in [2.05, 4.69) is 63.2 Å². The van der Waals surface area contributed by atoms with Crippen LogP contribution in [0, 0.1) is 19.8 Å². The lowest BCUT2D eigenvalue weighted by Crippen LogP contribution is -2.13. The molecule has 25 heavy (non-hydrogen) atoms. The summed E-state index contributed by atoms with van der Waals surface area (Å²) in [6, 6.07) is 16.2. The van der Waals surface area contributed by atoms with Gasteiger partial charge in [-0.1, -0.05) is 75.1 Å². The number of benzene rings is 2. The Kier molecular flexibility index (Phi) is 6.34. The molecule has 0 spiro atoms. The summed E-state index contributed by atoms with van der Waals surface area (Å²) in [4.78, 5) is 0. The lowest BCUT2D eigenvalue weighted by Gasteiger charge is -2.29. The van der Waals surface area contributed by atoms with Gasteiger partial charge in [0.15, 0.2) is 0 Å². The maximum atomic E-state index is 2.38. The molecule has 1 aliphatic rings. The van der Waals surface area contributed by atoms with E-state index in [0.29, 0.717) is 0 Å². The van der Waals surface area contributed by atoms with E-state index in [4.69, 9.17) is 0 Å². The Morgan fingerprint density at radius 2 is 1.44 bits per heavy atom. The van der Waals surface area contributed by atoms with E-state index < -0.39 is 0 Å². The van der Waals surface area contributed by atoms with E-state index in [9.17, 15) is 0 Å². The van der Waals surface area contributed by atoms with Crippen molar-refractivity contribution in [1.29, 1.82) is 0 Å². The Morgan fingerprint density at radius 3 is 2.08 bits per heavy atom. The second-order valence-electron chi connectivity index (χ2n) is 8.13. The topological polar surface area (TPSA) is 0 Å². The minimum Gasteiger partial charge on any atom is -0.0654 e. The molecule has 0 atom stereocenters. The molecule has 134 valence electrons. The molecule has 0 heteroatoms. The first-order valence-electron chi connectivity index (χ1n) is 10.3. The van der Waals surface area contributed by atoms with Crippen molar-refractivity contribution in [3.63, 3.8) is 0 Å². The molecule has 0 saturated heterocycles. The van der Waals surface area contributed by atoms with Crippen LogP contribution in [0.25, 0.3) is 11.1 Å². The maximum Gasteiger partial charge on any atom is -0.0162 e. The van der Waals surface area contributed by atoms with Crippen LogP contribution < -0.4 is 0 Å². The zero-order valence-corrected chi connectivity index (χ0v) is 16.4. The van der Waals surface area contributed by atoms with E-state index in [1.165, 1.54) is 73.6 Å². The molecule has 0 radical (unpaired) electrons. The molecule has 0 heterocycles. The van der Waals surface area contributed by atoms with Crippen LogP contribution in [0.2, 0.25) is 0 Å². The fraction of sp³-hybridized carbons (Fsp3) is 0.520. The maximum absolute atomic E-state index is 2.38. The molecule has 3 rings (SSSR count). The summed E-state index contributed by atoms with van der Waals surface area (Å²) in [5, 5.41) is 0. The van der Waals surface area contributed by atoms with Crippen molar-refractivity contribution in [3.8, 4) is 11.1 Å². The minimum atomic E-state index is 0.788. The van der Waals surface area contributed by atoms with E-state index >= 15 is 0 Å². The van der Waals surface area contributed by atoms with Crippen molar-refractivity contribution >= 4 is 0 Å². The summed E-state index contributed by atoms with van der Waals surface area (Å²) in [6.45, 7) is 6.69. The van der Waals surface area contributed by atoms with Gasteiger partial charge < -0.3 is 0 Å². The smallest absolute Gasteiger partial charge is 0.0162 e. The van der Waals surface area contributed by atoms with Crippen molar-refractivity contribution in [1.82, 2.24) is 0 Å². The number of unbranched alkanes of at least 4 members (excludes halogenated alkanes) is 2. The Bertz CT molecular complexity index is 657. The molecule has 2 aromatic carbocycles. The zero-order chi connectivity index (χ0) is 17.6. The first-order valence-corrected chi connectivity index (χ1v) is 10.3. The van der Waals surface area contributed by atoms with Crippen LogP contribution in [0.1, 0.15) is 80.9 Å². The van der Waals surface area contributed by atoms with Gasteiger partial charge >= 0.3 is 0 Å². The third-order valence-electron chi connectivity index (χ3n) is 6.29. The normalized spacial score (nSPS) is 20.6. The van der Waals surface area contributed by atoms with Crippen LogP contribution in [-0.2, 0) is 0 Å².